The van der Waals surface area contributed by atoms with E-state index in [4.69, 9.17) is 4.98 Å². The summed E-state index contributed by atoms with van der Waals surface area (Å²) in [5, 5.41) is 7.61. The summed E-state index contributed by atoms with van der Waals surface area (Å²) in [4.78, 5) is 25.5. The minimum absolute atomic E-state index is 0.0646. The van der Waals surface area contributed by atoms with Crippen molar-refractivity contribution in [3.8, 4) is 0 Å². The normalized spacial score (nSPS) is 15.9. The number of benzene rings is 1. The van der Waals surface area contributed by atoms with Crippen LogP contribution in [0.5, 0.6) is 0 Å². The number of halogens is 1. The lowest BCUT2D eigenvalue weighted by Crippen LogP contribution is -2.52. The van der Waals surface area contributed by atoms with Crippen molar-refractivity contribution in [3.63, 3.8) is 0 Å². The van der Waals surface area contributed by atoms with E-state index in [0.29, 0.717) is 32.1 Å². The number of nitrogens with zero attached hydrogens (tertiary/aromatic N) is 6. The first-order valence-electron chi connectivity index (χ1n) is 10.4. The van der Waals surface area contributed by atoms with Crippen LogP contribution in [-0.4, -0.2) is 44.8 Å². The van der Waals surface area contributed by atoms with Gasteiger partial charge < -0.3 is 15.1 Å². The van der Waals surface area contributed by atoms with Crippen LogP contribution in [-0.2, 0) is 17.9 Å². The summed E-state index contributed by atoms with van der Waals surface area (Å²) in [5.41, 5.74) is 2.70. The van der Waals surface area contributed by atoms with Crippen molar-refractivity contribution in [1.82, 2.24) is 19.7 Å². The van der Waals surface area contributed by atoms with E-state index >= 15 is 0 Å². The molecule has 3 aromatic rings. The zero-order valence-corrected chi connectivity index (χ0v) is 17.9. The van der Waals surface area contributed by atoms with E-state index < -0.39 is 0 Å². The molecule has 162 valence electrons. The Bertz CT molecular complexity index is 1070. The number of fused-ring (bicyclic) bond motifs is 1. The van der Waals surface area contributed by atoms with Crippen LogP contribution in [0.4, 0.5) is 21.8 Å². The summed E-state index contributed by atoms with van der Waals surface area (Å²) in [5.74, 6) is 1.08. The van der Waals surface area contributed by atoms with Gasteiger partial charge in [0.1, 0.15) is 17.5 Å². The Labute approximate surface area is 180 Å². The lowest BCUT2D eigenvalue weighted by molar-refractivity contribution is -0.119. The lowest BCUT2D eigenvalue weighted by Gasteiger charge is -2.39. The Morgan fingerprint density at radius 1 is 1.10 bits per heavy atom. The van der Waals surface area contributed by atoms with Crippen molar-refractivity contribution >= 4 is 23.4 Å². The van der Waals surface area contributed by atoms with Gasteiger partial charge in [-0.05, 0) is 38.5 Å². The van der Waals surface area contributed by atoms with Gasteiger partial charge in [0, 0.05) is 31.4 Å². The van der Waals surface area contributed by atoms with Crippen LogP contribution < -0.4 is 15.1 Å². The fourth-order valence-corrected chi connectivity index (χ4v) is 3.81. The van der Waals surface area contributed by atoms with Gasteiger partial charge >= 0.3 is 0 Å². The number of carbonyl (C=O) groups is 1. The minimum Gasteiger partial charge on any atom is -0.350 e. The second kappa shape index (κ2) is 8.71. The maximum absolute atomic E-state index is 13.1. The van der Waals surface area contributed by atoms with Gasteiger partial charge in [0.2, 0.25) is 11.9 Å². The fraction of sp³-hybridized carbons (Fsp3) is 0.364. The van der Waals surface area contributed by atoms with Gasteiger partial charge in [0.15, 0.2) is 5.82 Å². The number of aromatic nitrogens is 4. The number of rotatable bonds is 7. The van der Waals surface area contributed by atoms with Crippen LogP contribution in [0.2, 0.25) is 0 Å². The highest BCUT2D eigenvalue weighted by Gasteiger charge is 2.35. The van der Waals surface area contributed by atoms with Crippen LogP contribution in [0, 0.1) is 5.82 Å². The van der Waals surface area contributed by atoms with Crippen molar-refractivity contribution in [2.45, 2.75) is 39.9 Å². The van der Waals surface area contributed by atoms with Gasteiger partial charge in [0.05, 0.1) is 18.9 Å². The van der Waals surface area contributed by atoms with Crippen molar-refractivity contribution < 1.29 is 9.18 Å². The van der Waals surface area contributed by atoms with E-state index in [2.05, 4.69) is 15.4 Å². The Morgan fingerprint density at radius 2 is 1.87 bits per heavy atom. The number of amides is 1. The van der Waals surface area contributed by atoms with Crippen molar-refractivity contribution in [2.24, 2.45) is 0 Å². The smallest absolute Gasteiger partial charge is 0.249 e. The number of likely N-dealkylation sites (N-methyl/N-ethyl adjacent to an activating group) is 2. The summed E-state index contributed by atoms with van der Waals surface area (Å²) in [7, 11) is 0. The van der Waals surface area contributed by atoms with E-state index in [1.54, 1.807) is 29.4 Å². The summed E-state index contributed by atoms with van der Waals surface area (Å²) >= 11 is 0. The van der Waals surface area contributed by atoms with Crippen LogP contribution in [0.3, 0.4) is 0 Å². The fourth-order valence-electron chi connectivity index (χ4n) is 3.81. The maximum atomic E-state index is 13.1. The molecule has 9 heteroatoms. The molecular weight excluding hydrogens is 397 g/mol. The van der Waals surface area contributed by atoms with Gasteiger partial charge in [0.25, 0.3) is 0 Å². The van der Waals surface area contributed by atoms with Gasteiger partial charge in [-0.25, -0.2) is 9.37 Å². The van der Waals surface area contributed by atoms with Crippen LogP contribution in [0.25, 0.3) is 0 Å². The number of nitrogens with one attached hydrogen (secondary N) is 1. The van der Waals surface area contributed by atoms with Gasteiger partial charge in [-0.2, -0.15) is 10.1 Å². The first-order chi connectivity index (χ1) is 15.0. The number of carbonyl (C=O) groups excluding carboxylic acids is 1. The predicted octanol–water partition coefficient (Wildman–Crippen LogP) is 3.05. The SMILES string of the molecule is CCN1C(=O)[C@H](C)N(CC)c2nc(NCc3cnn(Cc4ccc(F)cc4)c3)ncc21. The highest BCUT2D eigenvalue weighted by Crippen LogP contribution is 2.34. The van der Waals surface area contributed by atoms with Gasteiger partial charge in [-0.3, -0.25) is 9.48 Å². The first kappa shape index (κ1) is 20.8. The summed E-state index contributed by atoms with van der Waals surface area (Å²) in [6, 6.07) is 6.14. The third-order valence-corrected chi connectivity index (χ3v) is 5.46. The first-order valence-corrected chi connectivity index (χ1v) is 10.4. The standard InChI is InChI=1S/C22H26FN7O/c1-4-29-15(3)21(31)30(5-2)19-12-25-22(27-20(19)29)24-10-17-11-26-28(14-17)13-16-6-8-18(23)9-7-16/h6-9,11-12,14-15H,4-5,10,13H2,1-3H3,(H,24,25,27)/t15-/m0/s1. The molecule has 3 heterocycles. The van der Waals surface area contributed by atoms with E-state index in [-0.39, 0.29) is 17.8 Å². The van der Waals surface area contributed by atoms with Crippen molar-refractivity contribution in [1.29, 1.82) is 0 Å². The predicted molar refractivity (Wildman–Crippen MR) is 118 cm³/mol. The monoisotopic (exact) mass is 423 g/mol. The largest absolute Gasteiger partial charge is 0.350 e. The highest BCUT2D eigenvalue weighted by atomic mass is 19.1. The number of anilines is 3. The molecule has 0 saturated carbocycles. The Kier molecular flexibility index (Phi) is 5.83. The molecule has 4 rings (SSSR count). The molecule has 31 heavy (non-hydrogen) atoms. The van der Waals surface area contributed by atoms with Crippen LogP contribution in [0.1, 0.15) is 31.9 Å². The molecule has 1 aliphatic heterocycles. The maximum Gasteiger partial charge on any atom is 0.249 e. The summed E-state index contributed by atoms with van der Waals surface area (Å²) in [6.07, 6.45) is 5.43. The molecule has 0 spiro atoms. The molecule has 1 amide bonds. The lowest BCUT2D eigenvalue weighted by atomic mass is 10.1. The zero-order chi connectivity index (χ0) is 22.0. The average molecular weight is 423 g/mol. The van der Waals surface area contributed by atoms with Gasteiger partial charge in [-0.1, -0.05) is 12.1 Å². The van der Waals surface area contributed by atoms with Crippen LogP contribution >= 0.6 is 0 Å². The molecule has 0 unspecified atom stereocenters. The van der Waals surface area contributed by atoms with E-state index in [1.165, 1.54) is 12.1 Å². The third-order valence-electron chi connectivity index (χ3n) is 5.46. The minimum atomic E-state index is -0.259. The molecule has 1 aromatic carbocycles. The Morgan fingerprint density at radius 3 is 2.58 bits per heavy atom. The molecule has 1 atom stereocenters. The van der Waals surface area contributed by atoms with E-state index in [1.807, 2.05) is 36.5 Å². The highest BCUT2D eigenvalue weighted by molar-refractivity contribution is 6.04. The zero-order valence-electron chi connectivity index (χ0n) is 17.9. The molecule has 1 aliphatic rings. The topological polar surface area (TPSA) is 79.2 Å². The van der Waals surface area contributed by atoms with Gasteiger partial charge in [-0.15, -0.1) is 0 Å². The molecule has 0 bridgehead atoms. The average Bonchev–Trinajstić information content (AvgIpc) is 3.22. The number of hydrogen-bond acceptors (Lipinski definition) is 6. The van der Waals surface area contributed by atoms with Crippen molar-refractivity contribution in [3.05, 3.63) is 59.8 Å². The second-order valence-electron chi connectivity index (χ2n) is 7.47. The Balaban J connectivity index is 1.46. The van der Waals surface area contributed by atoms with Crippen LogP contribution in [0.15, 0.2) is 42.9 Å². The molecule has 0 aliphatic carbocycles. The molecule has 1 N–H and O–H groups in total. The molecule has 8 nitrogen and oxygen atoms in total. The Hall–Kier alpha value is -3.49. The molecule has 2 aromatic heterocycles. The summed E-state index contributed by atoms with van der Waals surface area (Å²) < 4.78 is 14.9. The van der Waals surface area contributed by atoms with E-state index in [0.717, 1.165) is 22.6 Å². The number of hydrogen-bond donors (Lipinski definition) is 1. The summed E-state index contributed by atoms with van der Waals surface area (Å²) in [6.45, 7) is 8.22. The van der Waals surface area contributed by atoms with Crippen molar-refractivity contribution in [2.75, 3.05) is 28.2 Å². The quantitative estimate of drug-likeness (QED) is 0.629. The molecule has 0 saturated heterocycles. The molecular formula is C22H26FN7O. The van der Waals surface area contributed by atoms with E-state index in [9.17, 15) is 9.18 Å². The molecule has 0 fully saturated rings. The molecule has 0 radical (unpaired) electrons. The third kappa shape index (κ3) is 4.21. The second-order valence-corrected chi connectivity index (χ2v) is 7.47.